The molecule has 0 atom stereocenters. The molecule has 2 aromatic carbocycles. The van der Waals surface area contributed by atoms with Gasteiger partial charge in [-0.2, -0.15) is 5.10 Å². The summed E-state index contributed by atoms with van der Waals surface area (Å²) in [6.07, 6.45) is 5.44. The zero-order chi connectivity index (χ0) is 23.6. The number of rotatable bonds is 10. The molecule has 3 aromatic rings. The average Bonchev–Trinajstić information content (AvgIpc) is 2.80. The minimum Gasteiger partial charge on any atom is -0.490 e. The Morgan fingerprint density at radius 1 is 1.24 bits per heavy atom. The van der Waals surface area contributed by atoms with Gasteiger partial charge in [-0.3, -0.25) is 4.79 Å². The number of hydrazone groups is 1. The van der Waals surface area contributed by atoms with Gasteiger partial charge in [-0.25, -0.2) is 10.4 Å². The molecular formula is C25H23ClIN3O3. The van der Waals surface area contributed by atoms with Crippen LogP contribution in [0.25, 0.3) is 0 Å². The van der Waals surface area contributed by atoms with Crippen LogP contribution in [0.15, 0.2) is 72.5 Å². The summed E-state index contributed by atoms with van der Waals surface area (Å²) in [5.74, 6) is 0.822. The quantitative estimate of drug-likeness (QED) is 0.109. The molecule has 1 aromatic heterocycles. The molecule has 1 heterocycles. The lowest BCUT2D eigenvalue weighted by Crippen LogP contribution is -2.18. The van der Waals surface area contributed by atoms with Gasteiger partial charge in [-0.05, 0) is 83.5 Å². The Labute approximate surface area is 211 Å². The molecule has 0 unspecified atom stereocenters. The number of aromatic nitrogens is 1. The number of nitrogens with zero attached hydrogens (tertiary/aromatic N) is 2. The first-order valence-corrected chi connectivity index (χ1v) is 11.7. The summed E-state index contributed by atoms with van der Waals surface area (Å²) in [5, 5.41) is 4.18. The van der Waals surface area contributed by atoms with Gasteiger partial charge in [0.1, 0.15) is 11.8 Å². The lowest BCUT2D eigenvalue weighted by atomic mass is 10.1. The molecule has 3 rings (SSSR count). The fourth-order valence-corrected chi connectivity index (χ4v) is 3.57. The number of hydrogen-bond donors (Lipinski definition) is 1. The minimum absolute atomic E-state index is 0.117. The van der Waals surface area contributed by atoms with Crippen molar-refractivity contribution >= 4 is 46.3 Å². The Morgan fingerprint density at radius 2 is 2.03 bits per heavy atom. The molecule has 0 radical (unpaired) electrons. The summed E-state index contributed by atoms with van der Waals surface area (Å²) in [4.78, 5) is 16.2. The van der Waals surface area contributed by atoms with E-state index in [1.54, 1.807) is 24.4 Å². The van der Waals surface area contributed by atoms with E-state index in [-0.39, 0.29) is 10.7 Å². The van der Waals surface area contributed by atoms with E-state index in [1.165, 1.54) is 9.77 Å². The van der Waals surface area contributed by atoms with Crippen LogP contribution in [0.4, 0.5) is 0 Å². The standard InChI is InChI=1S/C25H23ClIN3O3/c1-3-6-19-13-18(15-29-30-25(31)21-7-5-12-28-24(21)26)14-22(32-4-2)23(19)33-16-17-8-10-20(27)11-9-17/h3,5,7-15H,1,4,6,16H2,2H3,(H,30,31). The molecule has 0 saturated carbocycles. The topological polar surface area (TPSA) is 72.8 Å². The molecule has 0 fully saturated rings. The van der Waals surface area contributed by atoms with Crippen LogP contribution in [-0.4, -0.2) is 23.7 Å². The van der Waals surface area contributed by atoms with Crippen LogP contribution < -0.4 is 14.9 Å². The van der Waals surface area contributed by atoms with Gasteiger partial charge in [-0.15, -0.1) is 6.58 Å². The van der Waals surface area contributed by atoms with Crippen molar-refractivity contribution in [2.75, 3.05) is 6.61 Å². The SMILES string of the molecule is C=CCc1cc(C=NNC(=O)c2cccnc2Cl)cc(OCC)c1OCc1ccc(I)cc1. The van der Waals surface area contributed by atoms with E-state index >= 15 is 0 Å². The van der Waals surface area contributed by atoms with Gasteiger partial charge in [0.05, 0.1) is 18.4 Å². The van der Waals surface area contributed by atoms with Crippen LogP contribution in [-0.2, 0) is 13.0 Å². The maximum Gasteiger partial charge on any atom is 0.274 e. The number of ether oxygens (including phenoxy) is 2. The molecule has 0 aliphatic rings. The lowest BCUT2D eigenvalue weighted by molar-refractivity contribution is 0.0955. The lowest BCUT2D eigenvalue weighted by Gasteiger charge is -2.17. The monoisotopic (exact) mass is 575 g/mol. The number of carbonyl (C=O) groups is 1. The largest absolute Gasteiger partial charge is 0.490 e. The van der Waals surface area contributed by atoms with Crippen molar-refractivity contribution in [2.24, 2.45) is 5.10 Å². The third-order valence-electron chi connectivity index (χ3n) is 4.50. The smallest absolute Gasteiger partial charge is 0.274 e. The minimum atomic E-state index is -0.446. The zero-order valence-corrected chi connectivity index (χ0v) is 21.0. The average molecular weight is 576 g/mol. The van der Waals surface area contributed by atoms with Crippen molar-refractivity contribution in [3.63, 3.8) is 0 Å². The predicted molar refractivity (Wildman–Crippen MR) is 139 cm³/mol. The van der Waals surface area contributed by atoms with Crippen LogP contribution >= 0.6 is 34.2 Å². The van der Waals surface area contributed by atoms with E-state index in [2.05, 4.69) is 44.7 Å². The Morgan fingerprint density at radius 3 is 2.73 bits per heavy atom. The van der Waals surface area contributed by atoms with E-state index in [0.717, 1.165) is 16.7 Å². The van der Waals surface area contributed by atoms with E-state index in [0.29, 0.717) is 31.1 Å². The second-order valence-electron chi connectivity index (χ2n) is 6.89. The number of carbonyl (C=O) groups excluding carboxylic acids is 1. The number of nitrogens with one attached hydrogen (secondary N) is 1. The fourth-order valence-electron chi connectivity index (χ4n) is 3.01. The van der Waals surface area contributed by atoms with Crippen LogP contribution in [0.1, 0.15) is 34.0 Å². The van der Waals surface area contributed by atoms with Crippen molar-refractivity contribution in [2.45, 2.75) is 20.0 Å². The van der Waals surface area contributed by atoms with E-state index in [4.69, 9.17) is 21.1 Å². The first kappa shape index (κ1) is 24.7. The maximum absolute atomic E-state index is 12.3. The van der Waals surface area contributed by atoms with E-state index in [1.807, 2.05) is 43.3 Å². The Bertz CT molecular complexity index is 1150. The molecule has 0 aliphatic heterocycles. The van der Waals surface area contributed by atoms with Gasteiger partial charge >= 0.3 is 0 Å². The summed E-state index contributed by atoms with van der Waals surface area (Å²) >= 11 is 8.23. The van der Waals surface area contributed by atoms with Gasteiger partial charge in [0.2, 0.25) is 0 Å². The fraction of sp³-hybridized carbons (Fsp3) is 0.160. The van der Waals surface area contributed by atoms with Crippen molar-refractivity contribution < 1.29 is 14.3 Å². The zero-order valence-electron chi connectivity index (χ0n) is 18.1. The third kappa shape index (κ3) is 7.03. The van der Waals surface area contributed by atoms with Gasteiger partial charge in [0.15, 0.2) is 11.5 Å². The van der Waals surface area contributed by atoms with Gasteiger partial charge in [0, 0.05) is 15.3 Å². The first-order valence-electron chi connectivity index (χ1n) is 10.2. The molecule has 1 N–H and O–H groups in total. The molecule has 8 heteroatoms. The van der Waals surface area contributed by atoms with Crippen LogP contribution in [0.5, 0.6) is 11.5 Å². The molecular weight excluding hydrogens is 553 g/mol. The number of halogens is 2. The van der Waals surface area contributed by atoms with Crippen molar-refractivity contribution in [1.29, 1.82) is 0 Å². The highest BCUT2D eigenvalue weighted by Crippen LogP contribution is 2.34. The van der Waals surface area contributed by atoms with Gasteiger partial charge in [0.25, 0.3) is 5.91 Å². The summed E-state index contributed by atoms with van der Waals surface area (Å²) in [6.45, 7) is 6.65. The molecule has 0 bridgehead atoms. The second kappa shape index (κ2) is 12.4. The van der Waals surface area contributed by atoms with E-state index < -0.39 is 5.91 Å². The first-order chi connectivity index (χ1) is 16.0. The van der Waals surface area contributed by atoms with Crippen molar-refractivity contribution in [3.05, 3.63) is 98.4 Å². The highest BCUT2D eigenvalue weighted by molar-refractivity contribution is 14.1. The van der Waals surface area contributed by atoms with Crippen molar-refractivity contribution in [3.8, 4) is 11.5 Å². The molecule has 6 nitrogen and oxygen atoms in total. The molecule has 170 valence electrons. The molecule has 33 heavy (non-hydrogen) atoms. The van der Waals surface area contributed by atoms with Gasteiger partial charge < -0.3 is 9.47 Å². The molecule has 0 saturated heterocycles. The number of hydrogen-bond acceptors (Lipinski definition) is 5. The predicted octanol–water partition coefficient (Wildman–Crippen LogP) is 5.81. The summed E-state index contributed by atoms with van der Waals surface area (Å²) in [5.41, 5.74) is 5.43. The van der Waals surface area contributed by atoms with Crippen LogP contribution in [0.3, 0.4) is 0 Å². The number of pyridine rings is 1. The van der Waals surface area contributed by atoms with E-state index in [9.17, 15) is 4.79 Å². The Hall–Kier alpha value is -2.91. The molecule has 0 spiro atoms. The third-order valence-corrected chi connectivity index (χ3v) is 5.52. The highest BCUT2D eigenvalue weighted by Gasteiger charge is 2.14. The normalized spacial score (nSPS) is 10.8. The van der Waals surface area contributed by atoms with Crippen molar-refractivity contribution in [1.82, 2.24) is 10.4 Å². The summed E-state index contributed by atoms with van der Waals surface area (Å²) < 4.78 is 13.2. The maximum atomic E-state index is 12.3. The summed E-state index contributed by atoms with van der Waals surface area (Å²) in [7, 11) is 0. The highest BCUT2D eigenvalue weighted by atomic mass is 127. The molecule has 1 amide bonds. The second-order valence-corrected chi connectivity index (χ2v) is 8.49. The number of benzene rings is 2. The number of allylic oxidation sites excluding steroid dienone is 1. The molecule has 0 aliphatic carbocycles. The number of amides is 1. The Balaban J connectivity index is 1.81. The van der Waals surface area contributed by atoms with Crippen LogP contribution in [0.2, 0.25) is 5.15 Å². The Kier molecular flexibility index (Phi) is 9.26. The summed E-state index contributed by atoms with van der Waals surface area (Å²) in [6, 6.07) is 15.1. The van der Waals surface area contributed by atoms with Crippen LogP contribution in [0, 0.1) is 3.57 Å². The van der Waals surface area contributed by atoms with Gasteiger partial charge in [-0.1, -0.05) is 29.8 Å².